The molecule has 0 radical (unpaired) electrons. The average Bonchev–Trinajstić information content (AvgIpc) is 2.61. The van der Waals surface area contributed by atoms with Crippen molar-refractivity contribution in [2.45, 2.75) is 20.8 Å². The predicted molar refractivity (Wildman–Crippen MR) is 64.3 cm³/mol. The highest BCUT2D eigenvalue weighted by molar-refractivity contribution is 5.86. The van der Waals surface area contributed by atoms with E-state index >= 15 is 0 Å². The van der Waals surface area contributed by atoms with Crippen LogP contribution in [-0.2, 0) is 0 Å². The van der Waals surface area contributed by atoms with Crippen LogP contribution in [0.25, 0.3) is 11.0 Å². The van der Waals surface area contributed by atoms with Crippen LogP contribution >= 0.6 is 0 Å². The van der Waals surface area contributed by atoms with E-state index in [1.165, 1.54) is 5.57 Å². The van der Waals surface area contributed by atoms with Crippen LogP contribution in [0.5, 0.6) is 0 Å². The van der Waals surface area contributed by atoms with E-state index in [4.69, 9.17) is 0 Å². The molecule has 0 atom stereocenters. The molecule has 0 unspecified atom stereocenters. The Balaban J connectivity index is 2.27. The van der Waals surface area contributed by atoms with E-state index in [1.807, 2.05) is 6.92 Å². The fourth-order valence-electron chi connectivity index (χ4n) is 1.43. The second-order valence-electron chi connectivity index (χ2n) is 3.93. The third-order valence-electron chi connectivity index (χ3n) is 2.29. The van der Waals surface area contributed by atoms with Gasteiger partial charge >= 0.3 is 0 Å². The highest BCUT2D eigenvalue weighted by atomic mass is 15.2. The van der Waals surface area contributed by atoms with Gasteiger partial charge in [-0.2, -0.15) is 5.10 Å². The van der Waals surface area contributed by atoms with Crippen molar-refractivity contribution < 1.29 is 0 Å². The van der Waals surface area contributed by atoms with E-state index < -0.39 is 0 Å². The Morgan fingerprint density at radius 2 is 2.19 bits per heavy atom. The van der Waals surface area contributed by atoms with Crippen molar-refractivity contribution in [3.05, 3.63) is 23.7 Å². The van der Waals surface area contributed by atoms with E-state index in [9.17, 15) is 0 Å². The van der Waals surface area contributed by atoms with Crippen molar-refractivity contribution in [3.63, 3.8) is 0 Å². The fraction of sp³-hybridized carbons (Fsp3) is 0.364. The van der Waals surface area contributed by atoms with Crippen molar-refractivity contribution in [2.75, 3.05) is 11.9 Å². The van der Waals surface area contributed by atoms with Crippen LogP contribution in [-0.4, -0.2) is 26.7 Å². The molecule has 0 aliphatic heterocycles. The molecule has 2 aromatic heterocycles. The Kier molecular flexibility index (Phi) is 2.85. The molecule has 2 N–H and O–H groups in total. The minimum atomic E-state index is 0.750. The summed E-state index contributed by atoms with van der Waals surface area (Å²) < 4.78 is 0. The monoisotopic (exact) mass is 217 g/mol. The molecule has 2 aromatic rings. The molecule has 0 fully saturated rings. The lowest BCUT2D eigenvalue weighted by molar-refractivity contribution is 1.06. The molecule has 0 amide bonds. The predicted octanol–water partition coefficient (Wildman–Crippen LogP) is 2.04. The van der Waals surface area contributed by atoms with Gasteiger partial charge in [0.2, 0.25) is 0 Å². The smallest absolute Gasteiger partial charge is 0.158 e. The van der Waals surface area contributed by atoms with Gasteiger partial charge in [-0.15, -0.1) is 0 Å². The summed E-state index contributed by atoms with van der Waals surface area (Å²) in [5.74, 6) is 0.770. The summed E-state index contributed by atoms with van der Waals surface area (Å²) in [6.07, 6.45) is 3.66. The van der Waals surface area contributed by atoms with Crippen molar-refractivity contribution >= 4 is 16.9 Å². The van der Waals surface area contributed by atoms with E-state index in [2.05, 4.69) is 45.4 Å². The molecule has 5 nitrogen and oxygen atoms in total. The Morgan fingerprint density at radius 3 is 2.94 bits per heavy atom. The normalized spacial score (nSPS) is 10.4. The van der Waals surface area contributed by atoms with Gasteiger partial charge < -0.3 is 5.32 Å². The van der Waals surface area contributed by atoms with Crippen molar-refractivity contribution in [1.29, 1.82) is 0 Å². The van der Waals surface area contributed by atoms with Crippen LogP contribution in [0.4, 0.5) is 5.82 Å². The molecule has 0 spiro atoms. The van der Waals surface area contributed by atoms with Crippen LogP contribution in [0.3, 0.4) is 0 Å². The summed E-state index contributed by atoms with van der Waals surface area (Å²) in [5, 5.41) is 10.3. The fourth-order valence-corrected chi connectivity index (χ4v) is 1.43. The molecule has 2 rings (SSSR count). The molecule has 84 valence electrons. The number of aromatic amines is 1. The SMILES string of the molecule is CC(C)=CCNc1ncnc2c(C)[nH]nc12. The molecule has 2 heterocycles. The topological polar surface area (TPSA) is 66.5 Å². The number of rotatable bonds is 3. The molecular weight excluding hydrogens is 202 g/mol. The molecule has 16 heavy (non-hydrogen) atoms. The van der Waals surface area contributed by atoms with E-state index in [0.29, 0.717) is 0 Å². The van der Waals surface area contributed by atoms with Gasteiger partial charge in [-0.3, -0.25) is 5.10 Å². The highest BCUT2D eigenvalue weighted by Gasteiger charge is 2.07. The molecule has 5 heteroatoms. The number of hydrogen-bond donors (Lipinski definition) is 2. The first-order valence-electron chi connectivity index (χ1n) is 5.21. The second-order valence-corrected chi connectivity index (χ2v) is 3.93. The average molecular weight is 217 g/mol. The lowest BCUT2D eigenvalue weighted by atomic mass is 10.3. The van der Waals surface area contributed by atoms with Gasteiger partial charge in [0.05, 0.1) is 5.69 Å². The van der Waals surface area contributed by atoms with Crippen LogP contribution in [0, 0.1) is 6.92 Å². The Hall–Kier alpha value is -1.91. The zero-order valence-corrected chi connectivity index (χ0v) is 9.70. The van der Waals surface area contributed by atoms with Crippen LogP contribution in [0.2, 0.25) is 0 Å². The number of H-pyrrole nitrogens is 1. The quantitative estimate of drug-likeness (QED) is 0.772. The maximum absolute atomic E-state index is 4.18. The molecule has 0 saturated heterocycles. The van der Waals surface area contributed by atoms with Gasteiger partial charge in [-0.25, -0.2) is 9.97 Å². The minimum absolute atomic E-state index is 0.750. The summed E-state index contributed by atoms with van der Waals surface area (Å²) in [6, 6.07) is 0. The third kappa shape index (κ3) is 2.03. The molecule has 0 aliphatic rings. The van der Waals surface area contributed by atoms with Gasteiger partial charge in [0.25, 0.3) is 0 Å². The Labute approximate surface area is 94.0 Å². The Morgan fingerprint density at radius 1 is 1.38 bits per heavy atom. The standard InChI is InChI=1S/C11H15N5/c1-7(2)4-5-12-11-10-9(13-6-14-11)8(3)15-16-10/h4,6H,5H2,1-3H3,(H,15,16)(H,12,13,14). The van der Waals surface area contributed by atoms with Gasteiger partial charge in [0.15, 0.2) is 11.3 Å². The number of nitrogens with one attached hydrogen (secondary N) is 2. The van der Waals surface area contributed by atoms with Crippen molar-refractivity contribution in [3.8, 4) is 0 Å². The van der Waals surface area contributed by atoms with Crippen molar-refractivity contribution in [2.24, 2.45) is 0 Å². The van der Waals surface area contributed by atoms with Crippen molar-refractivity contribution in [1.82, 2.24) is 20.2 Å². The number of allylic oxidation sites excluding steroid dienone is 1. The van der Waals surface area contributed by atoms with Crippen LogP contribution in [0.1, 0.15) is 19.5 Å². The first-order valence-corrected chi connectivity index (χ1v) is 5.21. The molecule has 0 saturated carbocycles. The summed E-state index contributed by atoms with van der Waals surface area (Å²) >= 11 is 0. The summed E-state index contributed by atoms with van der Waals surface area (Å²) in [5.41, 5.74) is 3.90. The first kappa shape index (κ1) is 10.6. The number of aryl methyl sites for hydroxylation is 1. The zero-order valence-electron chi connectivity index (χ0n) is 9.70. The van der Waals surface area contributed by atoms with Gasteiger partial charge in [-0.05, 0) is 20.8 Å². The lowest BCUT2D eigenvalue weighted by Gasteiger charge is -2.02. The zero-order chi connectivity index (χ0) is 11.5. The number of nitrogens with zero attached hydrogens (tertiary/aromatic N) is 3. The van der Waals surface area contributed by atoms with E-state index in [1.54, 1.807) is 6.33 Å². The molecule has 0 bridgehead atoms. The Bertz CT molecular complexity index is 522. The largest absolute Gasteiger partial charge is 0.365 e. The number of hydrogen-bond acceptors (Lipinski definition) is 4. The number of anilines is 1. The number of fused-ring (bicyclic) bond motifs is 1. The second kappa shape index (κ2) is 4.30. The maximum atomic E-state index is 4.18. The van der Waals surface area contributed by atoms with Gasteiger partial charge in [0.1, 0.15) is 11.8 Å². The highest BCUT2D eigenvalue weighted by Crippen LogP contribution is 2.18. The van der Waals surface area contributed by atoms with Crippen LogP contribution < -0.4 is 5.32 Å². The number of aromatic nitrogens is 4. The van der Waals surface area contributed by atoms with Gasteiger partial charge in [-0.1, -0.05) is 11.6 Å². The van der Waals surface area contributed by atoms with Crippen LogP contribution in [0.15, 0.2) is 18.0 Å². The summed E-state index contributed by atoms with van der Waals surface area (Å²) in [7, 11) is 0. The van der Waals surface area contributed by atoms with Gasteiger partial charge in [0, 0.05) is 6.54 Å². The van der Waals surface area contributed by atoms with E-state index in [-0.39, 0.29) is 0 Å². The molecule has 0 aliphatic carbocycles. The molecular formula is C11H15N5. The van der Waals surface area contributed by atoms with E-state index in [0.717, 1.165) is 29.1 Å². The lowest BCUT2D eigenvalue weighted by Crippen LogP contribution is -2.02. The first-order chi connectivity index (χ1) is 7.68. The maximum Gasteiger partial charge on any atom is 0.158 e. The third-order valence-corrected chi connectivity index (χ3v) is 2.29. The molecule has 0 aromatic carbocycles. The minimum Gasteiger partial charge on any atom is -0.365 e. The summed E-state index contributed by atoms with van der Waals surface area (Å²) in [4.78, 5) is 8.37. The summed E-state index contributed by atoms with van der Waals surface area (Å²) in [6.45, 7) is 6.83.